The van der Waals surface area contributed by atoms with E-state index in [1.54, 1.807) is 6.07 Å². The van der Waals surface area contributed by atoms with Gasteiger partial charge in [0.25, 0.3) is 0 Å². The molecule has 0 aromatic heterocycles. The molecule has 0 aliphatic heterocycles. The second-order valence-corrected chi connectivity index (χ2v) is 5.37. The van der Waals surface area contributed by atoms with E-state index in [-0.39, 0.29) is 11.2 Å². The Morgan fingerprint density at radius 1 is 0.833 bits per heavy atom. The fourth-order valence-corrected chi connectivity index (χ4v) is 2.56. The average Bonchev–Trinajstić information content (AvgIpc) is 2.49. The SMILES string of the molecule is O=c1c2cc(F)ccc2ccc2ccc(I)cc12. The second-order valence-electron chi connectivity index (χ2n) is 4.13. The van der Waals surface area contributed by atoms with Crippen LogP contribution in [0.4, 0.5) is 4.39 Å². The van der Waals surface area contributed by atoms with Crippen molar-refractivity contribution in [1.29, 1.82) is 0 Å². The molecule has 0 unspecified atom stereocenters. The highest BCUT2D eigenvalue weighted by molar-refractivity contribution is 14.1. The third-order valence-electron chi connectivity index (χ3n) is 2.96. The van der Waals surface area contributed by atoms with Crippen LogP contribution in [0.1, 0.15) is 0 Å². The van der Waals surface area contributed by atoms with E-state index in [9.17, 15) is 9.18 Å². The highest BCUT2D eigenvalue weighted by atomic mass is 127. The first-order chi connectivity index (χ1) is 8.65. The van der Waals surface area contributed by atoms with Gasteiger partial charge in [-0.05, 0) is 57.6 Å². The lowest BCUT2D eigenvalue weighted by molar-refractivity contribution is 0.629. The topological polar surface area (TPSA) is 17.1 Å². The standard InChI is InChI=1S/C15H8FIO/c16-11-5-3-9-1-2-10-4-6-12(17)8-14(10)15(18)13(9)7-11/h1-8H. The molecule has 3 heteroatoms. The minimum absolute atomic E-state index is 0.122. The molecule has 0 spiro atoms. The van der Waals surface area contributed by atoms with Crippen LogP contribution in [0.25, 0.3) is 21.5 Å². The number of fused-ring (bicyclic) bond motifs is 2. The number of hydrogen-bond acceptors (Lipinski definition) is 1. The number of halogens is 2. The minimum atomic E-state index is -0.385. The summed E-state index contributed by atoms with van der Waals surface area (Å²) in [7, 11) is 0. The summed E-state index contributed by atoms with van der Waals surface area (Å²) in [5.74, 6) is -0.385. The third kappa shape index (κ3) is 1.88. The Balaban J connectivity index is 2.62. The van der Waals surface area contributed by atoms with Crippen molar-refractivity contribution >= 4 is 44.1 Å². The molecule has 0 fully saturated rings. The molecule has 0 bridgehead atoms. The van der Waals surface area contributed by atoms with Gasteiger partial charge in [-0.15, -0.1) is 0 Å². The Morgan fingerprint density at radius 2 is 1.39 bits per heavy atom. The lowest BCUT2D eigenvalue weighted by Gasteiger charge is -1.93. The van der Waals surface area contributed by atoms with Gasteiger partial charge in [0.05, 0.1) is 0 Å². The molecule has 0 aliphatic rings. The molecule has 0 aliphatic carbocycles. The van der Waals surface area contributed by atoms with Crippen molar-refractivity contribution < 1.29 is 4.39 Å². The van der Waals surface area contributed by atoms with E-state index in [1.165, 1.54) is 12.1 Å². The fraction of sp³-hybridized carbons (Fsp3) is 0. The van der Waals surface area contributed by atoms with Crippen molar-refractivity contribution in [3.63, 3.8) is 0 Å². The van der Waals surface area contributed by atoms with Crippen LogP contribution in [0.5, 0.6) is 0 Å². The Kier molecular flexibility index (Phi) is 2.78. The van der Waals surface area contributed by atoms with E-state index in [1.807, 2.05) is 30.3 Å². The molecule has 0 N–H and O–H groups in total. The smallest absolute Gasteiger partial charge is 0.194 e. The Bertz CT molecular complexity index is 760. The van der Waals surface area contributed by atoms with Gasteiger partial charge >= 0.3 is 0 Å². The molecule has 0 radical (unpaired) electrons. The molecule has 0 saturated heterocycles. The largest absolute Gasteiger partial charge is 0.289 e. The summed E-state index contributed by atoms with van der Waals surface area (Å²) in [5, 5.41) is 2.68. The highest BCUT2D eigenvalue weighted by Crippen LogP contribution is 2.18. The van der Waals surface area contributed by atoms with Gasteiger partial charge in [-0.3, -0.25) is 4.79 Å². The quantitative estimate of drug-likeness (QED) is 0.558. The molecule has 3 rings (SSSR count). The van der Waals surface area contributed by atoms with Crippen molar-refractivity contribution in [2.45, 2.75) is 0 Å². The first-order valence-electron chi connectivity index (χ1n) is 5.47. The maximum Gasteiger partial charge on any atom is 0.194 e. The van der Waals surface area contributed by atoms with Crippen molar-refractivity contribution in [2.75, 3.05) is 0 Å². The van der Waals surface area contributed by atoms with Gasteiger partial charge < -0.3 is 0 Å². The number of rotatable bonds is 0. The fourth-order valence-electron chi connectivity index (χ4n) is 2.07. The summed E-state index contributed by atoms with van der Waals surface area (Å²) >= 11 is 2.16. The normalized spacial score (nSPS) is 11.0. The van der Waals surface area contributed by atoms with E-state index in [0.29, 0.717) is 10.8 Å². The van der Waals surface area contributed by atoms with Crippen molar-refractivity contribution in [3.05, 3.63) is 68.1 Å². The van der Waals surface area contributed by atoms with E-state index in [4.69, 9.17) is 0 Å². The van der Waals surface area contributed by atoms with E-state index >= 15 is 0 Å². The van der Waals surface area contributed by atoms with Gasteiger partial charge in [-0.2, -0.15) is 0 Å². The predicted molar refractivity (Wildman–Crippen MR) is 80.4 cm³/mol. The van der Waals surface area contributed by atoms with Crippen molar-refractivity contribution in [1.82, 2.24) is 0 Å². The van der Waals surface area contributed by atoms with E-state index in [0.717, 1.165) is 14.3 Å². The van der Waals surface area contributed by atoms with Crippen molar-refractivity contribution in [3.8, 4) is 0 Å². The molecule has 3 aromatic carbocycles. The molecule has 3 aromatic rings. The summed E-state index contributed by atoms with van der Waals surface area (Å²) in [6.07, 6.45) is 0. The van der Waals surface area contributed by atoms with Gasteiger partial charge in [0.15, 0.2) is 5.43 Å². The zero-order chi connectivity index (χ0) is 12.7. The third-order valence-corrected chi connectivity index (χ3v) is 3.63. The molecule has 0 atom stereocenters. The maximum atomic E-state index is 13.3. The van der Waals surface area contributed by atoms with Crippen LogP contribution < -0.4 is 5.43 Å². The molecule has 0 saturated carbocycles. The zero-order valence-corrected chi connectivity index (χ0v) is 11.4. The lowest BCUT2D eigenvalue weighted by atomic mass is 10.1. The molecule has 88 valence electrons. The van der Waals surface area contributed by atoms with Crippen LogP contribution >= 0.6 is 22.6 Å². The van der Waals surface area contributed by atoms with Crippen LogP contribution in [0, 0.1) is 9.39 Å². The van der Waals surface area contributed by atoms with Gasteiger partial charge in [0.1, 0.15) is 5.82 Å². The van der Waals surface area contributed by atoms with E-state index < -0.39 is 0 Å². The Hall–Kier alpha value is -1.49. The first-order valence-corrected chi connectivity index (χ1v) is 6.55. The molecular formula is C15H8FIO. The molecule has 0 amide bonds. The summed E-state index contributed by atoms with van der Waals surface area (Å²) in [6.45, 7) is 0. The number of benzene rings is 2. The molecule has 0 heterocycles. The van der Waals surface area contributed by atoms with E-state index in [2.05, 4.69) is 22.6 Å². The minimum Gasteiger partial charge on any atom is -0.289 e. The molecule has 1 nitrogen and oxygen atoms in total. The van der Waals surface area contributed by atoms with Crippen LogP contribution in [0.3, 0.4) is 0 Å². The summed E-state index contributed by atoms with van der Waals surface area (Å²) in [5.41, 5.74) is -0.122. The lowest BCUT2D eigenvalue weighted by Crippen LogP contribution is -1.99. The summed E-state index contributed by atoms with van der Waals surface area (Å²) in [4.78, 5) is 12.4. The first kappa shape index (κ1) is 11.6. The van der Waals surface area contributed by atoms with Crippen LogP contribution in [-0.2, 0) is 0 Å². The van der Waals surface area contributed by atoms with Gasteiger partial charge in [0, 0.05) is 14.3 Å². The second kappa shape index (κ2) is 4.31. The van der Waals surface area contributed by atoms with Gasteiger partial charge in [0.2, 0.25) is 0 Å². The molecule has 18 heavy (non-hydrogen) atoms. The number of hydrogen-bond donors (Lipinski definition) is 0. The van der Waals surface area contributed by atoms with Crippen molar-refractivity contribution in [2.24, 2.45) is 0 Å². The monoisotopic (exact) mass is 350 g/mol. The summed E-state index contributed by atoms with van der Waals surface area (Å²) < 4.78 is 14.3. The summed E-state index contributed by atoms with van der Waals surface area (Å²) in [6, 6.07) is 13.8. The maximum absolute atomic E-state index is 13.3. The highest BCUT2D eigenvalue weighted by Gasteiger charge is 2.04. The van der Waals surface area contributed by atoms with Crippen LogP contribution in [0.2, 0.25) is 0 Å². The predicted octanol–water partition coefficient (Wildman–Crippen LogP) is 4.10. The average molecular weight is 350 g/mol. The van der Waals surface area contributed by atoms with Crippen LogP contribution in [-0.4, -0.2) is 0 Å². The van der Waals surface area contributed by atoms with Crippen LogP contribution in [0.15, 0.2) is 53.3 Å². The molecular weight excluding hydrogens is 342 g/mol. The van der Waals surface area contributed by atoms with Gasteiger partial charge in [-0.25, -0.2) is 4.39 Å². The zero-order valence-electron chi connectivity index (χ0n) is 9.28. The Labute approximate surface area is 116 Å². The van der Waals surface area contributed by atoms with Gasteiger partial charge in [-0.1, -0.05) is 24.3 Å². The Morgan fingerprint density at radius 3 is 2.11 bits per heavy atom.